The fourth-order valence-electron chi connectivity index (χ4n) is 2.78. The highest BCUT2D eigenvalue weighted by Gasteiger charge is 2.20. The predicted octanol–water partition coefficient (Wildman–Crippen LogP) is 2.94. The number of hydrogen-bond donors (Lipinski definition) is 3. The Kier molecular flexibility index (Phi) is 7.00. The van der Waals surface area contributed by atoms with Crippen LogP contribution in [0.3, 0.4) is 0 Å². The molecule has 2 aromatic carbocycles. The van der Waals surface area contributed by atoms with E-state index in [9.17, 15) is 9.59 Å². The summed E-state index contributed by atoms with van der Waals surface area (Å²) in [5, 5.41) is 6.19. The maximum Gasteiger partial charge on any atom is 0.248 e. The van der Waals surface area contributed by atoms with Crippen LogP contribution in [0.2, 0.25) is 0 Å². The van der Waals surface area contributed by atoms with Gasteiger partial charge in [-0.05, 0) is 68.4 Å². The summed E-state index contributed by atoms with van der Waals surface area (Å²) in [6.45, 7) is 1.77. The van der Waals surface area contributed by atoms with Crippen molar-refractivity contribution in [1.29, 1.82) is 0 Å². The molecule has 0 atom stereocenters. The summed E-state index contributed by atoms with van der Waals surface area (Å²) in [7, 11) is 0. The third kappa shape index (κ3) is 5.21. The van der Waals surface area contributed by atoms with Crippen LogP contribution in [0.4, 0.5) is 5.69 Å². The number of amides is 2. The number of hydrogen-bond acceptors (Lipinski definition) is 4. The summed E-state index contributed by atoms with van der Waals surface area (Å²) < 4.78 is 5.72. The van der Waals surface area contributed by atoms with E-state index >= 15 is 0 Å². The van der Waals surface area contributed by atoms with Crippen molar-refractivity contribution in [2.45, 2.75) is 12.8 Å². The van der Waals surface area contributed by atoms with Gasteiger partial charge in [-0.1, -0.05) is 6.07 Å². The van der Waals surface area contributed by atoms with Gasteiger partial charge in [-0.2, -0.15) is 0 Å². The van der Waals surface area contributed by atoms with E-state index in [0.717, 1.165) is 31.6 Å². The smallest absolute Gasteiger partial charge is 0.248 e. The molecule has 26 heavy (non-hydrogen) atoms. The minimum atomic E-state index is -0.499. The minimum Gasteiger partial charge on any atom is -0.457 e. The van der Waals surface area contributed by atoms with Crippen molar-refractivity contribution in [1.82, 2.24) is 5.32 Å². The first-order valence-electron chi connectivity index (χ1n) is 8.31. The first kappa shape index (κ1) is 19.8. The van der Waals surface area contributed by atoms with Crippen LogP contribution in [-0.4, -0.2) is 24.9 Å². The van der Waals surface area contributed by atoms with Gasteiger partial charge in [-0.3, -0.25) is 9.59 Å². The average molecular weight is 376 g/mol. The number of rotatable bonds is 5. The third-order valence-electron chi connectivity index (χ3n) is 4.19. The lowest BCUT2D eigenvalue weighted by Gasteiger charge is -2.21. The molecule has 1 aliphatic rings. The molecule has 0 saturated carbocycles. The Bertz CT molecular complexity index is 759. The van der Waals surface area contributed by atoms with Crippen LogP contribution < -0.4 is 21.1 Å². The molecule has 0 unspecified atom stereocenters. The zero-order valence-corrected chi connectivity index (χ0v) is 15.1. The number of benzene rings is 2. The number of nitrogens with one attached hydrogen (secondary N) is 2. The van der Waals surface area contributed by atoms with Gasteiger partial charge in [0.1, 0.15) is 11.5 Å². The van der Waals surface area contributed by atoms with Gasteiger partial charge < -0.3 is 21.1 Å². The third-order valence-corrected chi connectivity index (χ3v) is 4.19. The van der Waals surface area contributed by atoms with Gasteiger partial charge in [-0.25, -0.2) is 0 Å². The number of primary amides is 1. The molecular weight excluding hydrogens is 354 g/mol. The Morgan fingerprint density at radius 1 is 1.04 bits per heavy atom. The highest BCUT2D eigenvalue weighted by Crippen LogP contribution is 2.24. The topological polar surface area (TPSA) is 93.5 Å². The predicted molar refractivity (Wildman–Crippen MR) is 103 cm³/mol. The summed E-state index contributed by atoms with van der Waals surface area (Å²) in [6, 6.07) is 13.8. The van der Waals surface area contributed by atoms with Crippen molar-refractivity contribution < 1.29 is 14.3 Å². The molecule has 2 aromatic rings. The van der Waals surface area contributed by atoms with E-state index in [1.165, 1.54) is 0 Å². The fourth-order valence-corrected chi connectivity index (χ4v) is 2.78. The Balaban J connectivity index is 0.00000243. The molecule has 1 fully saturated rings. The van der Waals surface area contributed by atoms with Gasteiger partial charge in [0.05, 0.1) is 0 Å². The van der Waals surface area contributed by atoms with E-state index in [4.69, 9.17) is 10.5 Å². The van der Waals surface area contributed by atoms with Gasteiger partial charge in [0.15, 0.2) is 0 Å². The first-order chi connectivity index (χ1) is 12.1. The van der Waals surface area contributed by atoms with Crippen LogP contribution in [0.15, 0.2) is 48.5 Å². The van der Waals surface area contributed by atoms with Gasteiger partial charge in [0, 0.05) is 17.2 Å². The standard InChI is InChI=1S/C19H21N3O3.ClH/c20-18(23)14-2-1-3-17(12-14)25-16-6-4-15(5-7-16)22-19(24)13-8-10-21-11-9-13;/h1-7,12-13,21H,8-11H2,(H2,20,23)(H,22,24);1H. The molecular formula is C19H22ClN3O3. The molecule has 0 spiro atoms. The van der Waals surface area contributed by atoms with E-state index in [1.807, 2.05) is 0 Å². The molecule has 138 valence electrons. The Morgan fingerprint density at radius 2 is 1.73 bits per heavy atom. The van der Waals surface area contributed by atoms with Gasteiger partial charge >= 0.3 is 0 Å². The molecule has 1 aliphatic heterocycles. The van der Waals surface area contributed by atoms with E-state index in [-0.39, 0.29) is 24.2 Å². The maximum atomic E-state index is 12.2. The number of nitrogens with two attached hydrogens (primary N) is 1. The van der Waals surface area contributed by atoms with Crippen molar-refractivity contribution >= 4 is 29.9 Å². The number of halogens is 1. The summed E-state index contributed by atoms with van der Waals surface area (Å²) in [5.74, 6) is 0.767. The second-order valence-corrected chi connectivity index (χ2v) is 6.03. The van der Waals surface area contributed by atoms with E-state index in [1.54, 1.807) is 48.5 Å². The van der Waals surface area contributed by atoms with Crippen molar-refractivity contribution in [3.8, 4) is 11.5 Å². The molecule has 6 nitrogen and oxygen atoms in total. The highest BCUT2D eigenvalue weighted by atomic mass is 35.5. The van der Waals surface area contributed by atoms with Crippen molar-refractivity contribution in [3.63, 3.8) is 0 Å². The molecule has 4 N–H and O–H groups in total. The van der Waals surface area contributed by atoms with E-state index in [2.05, 4.69) is 10.6 Å². The number of carbonyl (C=O) groups excluding carboxylic acids is 2. The number of piperidine rings is 1. The zero-order chi connectivity index (χ0) is 17.6. The highest BCUT2D eigenvalue weighted by molar-refractivity contribution is 5.93. The van der Waals surface area contributed by atoms with Crippen LogP contribution >= 0.6 is 12.4 Å². The molecule has 0 radical (unpaired) electrons. The number of ether oxygens (including phenoxy) is 1. The minimum absolute atomic E-state index is 0. The quantitative estimate of drug-likeness (QED) is 0.749. The van der Waals surface area contributed by atoms with E-state index in [0.29, 0.717) is 17.1 Å². The Labute approximate surface area is 158 Å². The number of anilines is 1. The van der Waals surface area contributed by atoms with Gasteiger partial charge in [0.25, 0.3) is 0 Å². The molecule has 1 saturated heterocycles. The lowest BCUT2D eigenvalue weighted by atomic mass is 9.97. The molecule has 0 aromatic heterocycles. The molecule has 2 amide bonds. The van der Waals surface area contributed by atoms with Gasteiger partial charge in [0.2, 0.25) is 11.8 Å². The largest absolute Gasteiger partial charge is 0.457 e. The Morgan fingerprint density at radius 3 is 2.38 bits per heavy atom. The Hall–Kier alpha value is -2.57. The van der Waals surface area contributed by atoms with Crippen molar-refractivity contribution in [2.75, 3.05) is 18.4 Å². The molecule has 0 bridgehead atoms. The summed E-state index contributed by atoms with van der Waals surface area (Å²) >= 11 is 0. The first-order valence-corrected chi connectivity index (χ1v) is 8.31. The summed E-state index contributed by atoms with van der Waals surface area (Å²) in [4.78, 5) is 23.4. The van der Waals surface area contributed by atoms with Crippen LogP contribution in [0, 0.1) is 5.92 Å². The summed E-state index contributed by atoms with van der Waals surface area (Å²) in [6.07, 6.45) is 1.73. The summed E-state index contributed by atoms with van der Waals surface area (Å²) in [5.41, 5.74) is 6.39. The van der Waals surface area contributed by atoms with Crippen molar-refractivity contribution in [2.24, 2.45) is 11.7 Å². The molecule has 7 heteroatoms. The zero-order valence-electron chi connectivity index (χ0n) is 14.2. The lowest BCUT2D eigenvalue weighted by Crippen LogP contribution is -2.34. The van der Waals surface area contributed by atoms with Crippen LogP contribution in [0.25, 0.3) is 0 Å². The SMILES string of the molecule is Cl.NC(=O)c1cccc(Oc2ccc(NC(=O)C3CCNCC3)cc2)c1. The lowest BCUT2D eigenvalue weighted by molar-refractivity contribution is -0.120. The van der Waals surface area contributed by atoms with Crippen LogP contribution in [0.1, 0.15) is 23.2 Å². The van der Waals surface area contributed by atoms with Crippen LogP contribution in [0.5, 0.6) is 11.5 Å². The molecule has 1 heterocycles. The fraction of sp³-hybridized carbons (Fsp3) is 0.263. The molecule has 3 rings (SSSR count). The van der Waals surface area contributed by atoms with Gasteiger partial charge in [-0.15, -0.1) is 12.4 Å². The second-order valence-electron chi connectivity index (χ2n) is 6.03. The number of carbonyl (C=O) groups is 2. The second kappa shape index (κ2) is 9.22. The van der Waals surface area contributed by atoms with Crippen molar-refractivity contribution in [3.05, 3.63) is 54.1 Å². The average Bonchev–Trinajstić information content (AvgIpc) is 2.64. The molecule has 0 aliphatic carbocycles. The monoisotopic (exact) mass is 375 g/mol. The van der Waals surface area contributed by atoms with E-state index < -0.39 is 5.91 Å². The van der Waals surface area contributed by atoms with Crippen LogP contribution in [-0.2, 0) is 4.79 Å². The normalized spacial score (nSPS) is 14.2. The maximum absolute atomic E-state index is 12.2.